The normalized spacial score (nSPS) is 15.3. The Morgan fingerprint density at radius 1 is 1.16 bits per heavy atom. The summed E-state index contributed by atoms with van der Waals surface area (Å²) in [5, 5.41) is 5.70. The van der Waals surface area contributed by atoms with E-state index < -0.39 is 37.1 Å². The van der Waals surface area contributed by atoms with Crippen LogP contribution in [0.2, 0.25) is 0 Å². The zero-order chi connectivity index (χ0) is 28.5. The smallest absolute Gasteiger partial charge is 0.326 e. The number of nitrogens with one attached hydrogen (secondary N) is 2. The molecule has 2 heterocycles. The van der Waals surface area contributed by atoms with Gasteiger partial charge in [-0.15, -0.1) is 0 Å². The molecule has 2 aromatic heterocycles. The van der Waals surface area contributed by atoms with Crippen molar-refractivity contribution >= 4 is 36.4 Å². The number of anilines is 1. The Labute approximate surface area is 224 Å². The number of carbonyl (C=O) groups is 2. The van der Waals surface area contributed by atoms with Gasteiger partial charge in [0.1, 0.15) is 29.8 Å². The average Bonchev–Trinajstić information content (AvgIpc) is 3.23. The molecule has 3 atom stereocenters. The summed E-state index contributed by atoms with van der Waals surface area (Å²) in [4.78, 5) is 37.6. The number of aromatic nitrogens is 4. The third kappa shape index (κ3) is 9.30. The molecule has 0 saturated heterocycles. The van der Waals surface area contributed by atoms with Crippen LogP contribution in [0.25, 0.3) is 11.2 Å². The fourth-order valence-corrected chi connectivity index (χ4v) is 5.96. The van der Waals surface area contributed by atoms with Gasteiger partial charge >= 0.3 is 11.9 Å². The van der Waals surface area contributed by atoms with Gasteiger partial charge in [0.05, 0.1) is 31.7 Å². The van der Waals surface area contributed by atoms with Crippen LogP contribution in [0, 0.1) is 0 Å². The summed E-state index contributed by atoms with van der Waals surface area (Å²) in [6.07, 6.45) is 4.50. The van der Waals surface area contributed by atoms with Crippen LogP contribution in [0.1, 0.15) is 67.7 Å². The first-order valence-electron chi connectivity index (χ1n) is 12.8. The van der Waals surface area contributed by atoms with Gasteiger partial charge in [-0.2, -0.15) is 0 Å². The minimum Gasteiger partial charge on any atom is -0.465 e. The molecule has 0 radical (unpaired) electrons. The lowest BCUT2D eigenvalue weighted by atomic mass is 10.1. The van der Waals surface area contributed by atoms with E-state index in [1.54, 1.807) is 52.4 Å². The van der Waals surface area contributed by atoms with Crippen LogP contribution >= 0.6 is 7.44 Å². The van der Waals surface area contributed by atoms with Crippen LogP contribution < -0.4 is 15.9 Å². The Balaban J connectivity index is 2.14. The highest BCUT2D eigenvalue weighted by molar-refractivity contribution is 7.59. The molecule has 2 rings (SSSR count). The summed E-state index contributed by atoms with van der Waals surface area (Å²) in [5.41, 5.74) is 5.55. The highest BCUT2D eigenvalue weighted by Crippen LogP contribution is 2.40. The van der Waals surface area contributed by atoms with Crippen molar-refractivity contribution in [3.8, 4) is 0 Å². The van der Waals surface area contributed by atoms with Gasteiger partial charge in [0.25, 0.3) is 0 Å². The maximum absolute atomic E-state index is 14.1. The van der Waals surface area contributed by atoms with Crippen molar-refractivity contribution in [1.29, 1.82) is 0 Å². The number of hydrogen-bond donors (Lipinski definition) is 3. The van der Waals surface area contributed by atoms with E-state index in [1.165, 1.54) is 6.33 Å². The number of carbonyl (C=O) groups excluding carboxylic acids is 2. The van der Waals surface area contributed by atoms with E-state index in [4.69, 9.17) is 19.9 Å². The van der Waals surface area contributed by atoms with E-state index >= 15 is 0 Å². The first-order chi connectivity index (χ1) is 17.8. The molecule has 0 aromatic carbocycles. The lowest BCUT2D eigenvalue weighted by Gasteiger charge is -2.32. The fourth-order valence-electron chi connectivity index (χ4n) is 3.57. The number of imidazole rings is 1. The van der Waals surface area contributed by atoms with Gasteiger partial charge in [0.2, 0.25) is 7.44 Å². The second kappa shape index (κ2) is 14.0. The summed E-state index contributed by atoms with van der Waals surface area (Å²) < 4.78 is 32.4. The van der Waals surface area contributed by atoms with Crippen molar-refractivity contribution in [2.24, 2.45) is 0 Å². The topological polar surface area (TPSA) is 173 Å². The Morgan fingerprint density at radius 3 is 2.53 bits per heavy atom. The first kappa shape index (κ1) is 31.6. The summed E-state index contributed by atoms with van der Waals surface area (Å²) in [5.74, 6) is -0.855. The monoisotopic (exact) mass is 555 g/mol. The molecule has 14 heteroatoms. The largest absolute Gasteiger partial charge is 0.465 e. The number of fused-ring (bicyclic) bond motifs is 1. The van der Waals surface area contributed by atoms with Gasteiger partial charge in [-0.05, 0) is 48.0 Å². The van der Waals surface area contributed by atoms with E-state index in [1.807, 2.05) is 0 Å². The van der Waals surface area contributed by atoms with Gasteiger partial charge in [-0.1, -0.05) is 19.8 Å². The molecule has 0 spiro atoms. The predicted octanol–water partition coefficient (Wildman–Crippen LogP) is 3.00. The maximum Gasteiger partial charge on any atom is 0.326 e. The van der Waals surface area contributed by atoms with Crippen LogP contribution in [0.4, 0.5) is 5.82 Å². The molecule has 0 unspecified atom stereocenters. The molecule has 0 bridgehead atoms. The Hall–Kier alpha value is -2.60. The lowest BCUT2D eigenvalue weighted by molar-refractivity contribution is -0.153. The van der Waals surface area contributed by atoms with E-state index in [0.29, 0.717) is 17.7 Å². The SMILES string of the molecule is CCCCCOC(=O)[C@@H](C)N[P@@](=O)(CO[C@H](C)Cn1cnc2c(N)ncnc21)NC(C)(C)C(=O)OC(C)C. The van der Waals surface area contributed by atoms with Crippen LogP contribution in [-0.4, -0.2) is 68.2 Å². The number of ether oxygens (including phenoxy) is 3. The lowest BCUT2D eigenvalue weighted by Crippen LogP contribution is -2.50. The minimum absolute atomic E-state index is 0.270. The highest BCUT2D eigenvalue weighted by Gasteiger charge is 2.39. The number of nitrogen functional groups attached to an aromatic ring is 1. The second-order valence-corrected chi connectivity index (χ2v) is 12.3. The molecule has 0 amide bonds. The van der Waals surface area contributed by atoms with Crippen molar-refractivity contribution in [3.63, 3.8) is 0 Å². The standard InChI is InChI=1S/C24H42N7O6P/c1-8-9-10-11-35-22(32)18(5)29-38(34,30-24(6,7)23(33)37-16(2)3)15-36-17(4)12-31-14-28-19-20(25)26-13-27-21(19)31/h13-14,16-18H,8-12,15H2,1-7H3,(H2,25,26,27)(H2,29,30,34)/t17-,18-,38+/m1/s1. The number of nitrogens with zero attached hydrogens (tertiary/aromatic N) is 4. The maximum atomic E-state index is 14.1. The molecular weight excluding hydrogens is 513 g/mol. The van der Waals surface area contributed by atoms with Crippen molar-refractivity contribution < 1.29 is 28.4 Å². The third-order valence-electron chi connectivity index (χ3n) is 5.49. The van der Waals surface area contributed by atoms with Gasteiger partial charge < -0.3 is 24.5 Å². The third-order valence-corrected chi connectivity index (χ3v) is 7.72. The minimum atomic E-state index is -3.69. The molecule has 214 valence electrons. The van der Waals surface area contributed by atoms with Gasteiger partial charge in [-0.25, -0.2) is 25.1 Å². The van der Waals surface area contributed by atoms with Gasteiger partial charge in [0, 0.05) is 0 Å². The molecule has 0 fully saturated rings. The van der Waals surface area contributed by atoms with Crippen molar-refractivity contribution in [2.45, 2.75) is 98.1 Å². The predicted molar refractivity (Wildman–Crippen MR) is 144 cm³/mol. The molecule has 0 saturated carbocycles. The summed E-state index contributed by atoms with van der Waals surface area (Å²) >= 11 is 0. The van der Waals surface area contributed by atoms with E-state index in [-0.39, 0.29) is 24.9 Å². The summed E-state index contributed by atoms with van der Waals surface area (Å²) in [7, 11) is -3.69. The molecule has 4 N–H and O–H groups in total. The molecule has 38 heavy (non-hydrogen) atoms. The molecule has 0 aliphatic heterocycles. The van der Waals surface area contributed by atoms with E-state index in [9.17, 15) is 14.2 Å². The van der Waals surface area contributed by atoms with Crippen molar-refractivity contribution in [2.75, 3.05) is 18.7 Å². The zero-order valence-corrected chi connectivity index (χ0v) is 24.3. The fraction of sp³-hybridized carbons (Fsp3) is 0.708. The van der Waals surface area contributed by atoms with Gasteiger partial charge in [0.15, 0.2) is 11.5 Å². The molecular formula is C24H42N7O6P. The number of unbranched alkanes of at least 4 members (excludes halogenated alkanes) is 2. The first-order valence-corrected chi connectivity index (χ1v) is 14.7. The molecule has 13 nitrogen and oxygen atoms in total. The second-order valence-electron chi connectivity index (χ2n) is 10.1. The molecule has 2 aromatic rings. The Morgan fingerprint density at radius 2 is 1.87 bits per heavy atom. The van der Waals surface area contributed by atoms with Crippen molar-refractivity contribution in [1.82, 2.24) is 29.7 Å². The van der Waals surface area contributed by atoms with Crippen LogP contribution in [0.3, 0.4) is 0 Å². The summed E-state index contributed by atoms with van der Waals surface area (Å²) in [6.45, 7) is 12.6. The molecule has 0 aliphatic rings. The van der Waals surface area contributed by atoms with E-state index in [0.717, 1.165) is 19.3 Å². The Bertz CT molecular complexity index is 1120. The number of esters is 2. The zero-order valence-electron chi connectivity index (χ0n) is 23.4. The van der Waals surface area contributed by atoms with Crippen LogP contribution in [0.15, 0.2) is 12.7 Å². The van der Waals surface area contributed by atoms with Crippen LogP contribution in [0.5, 0.6) is 0 Å². The number of nitrogens with two attached hydrogens (primary N) is 1. The summed E-state index contributed by atoms with van der Waals surface area (Å²) in [6, 6.07) is -0.914. The average molecular weight is 556 g/mol. The van der Waals surface area contributed by atoms with Crippen LogP contribution in [-0.2, 0) is 34.9 Å². The van der Waals surface area contributed by atoms with Crippen molar-refractivity contribution in [3.05, 3.63) is 12.7 Å². The number of rotatable bonds is 16. The molecule has 0 aliphatic carbocycles. The quantitative estimate of drug-likeness (QED) is 0.157. The number of hydrogen-bond acceptors (Lipinski definition) is 10. The van der Waals surface area contributed by atoms with E-state index in [2.05, 4.69) is 32.1 Å². The highest BCUT2D eigenvalue weighted by atomic mass is 31.2. The Kier molecular flexibility index (Phi) is 11.6. The van der Waals surface area contributed by atoms with Gasteiger partial charge in [-0.3, -0.25) is 14.2 Å².